The quantitative estimate of drug-likeness (QED) is 0.902. The molecule has 0 spiro atoms. The van der Waals surface area contributed by atoms with Gasteiger partial charge >= 0.3 is 0 Å². The predicted octanol–water partition coefficient (Wildman–Crippen LogP) is 2.68. The summed E-state index contributed by atoms with van der Waals surface area (Å²) >= 11 is 0. The van der Waals surface area contributed by atoms with Crippen molar-refractivity contribution in [1.29, 1.82) is 0 Å². The Morgan fingerprint density at radius 1 is 1.05 bits per heavy atom. The number of hydrogen-bond donors (Lipinski definition) is 1. The van der Waals surface area contributed by atoms with Crippen molar-refractivity contribution in [2.45, 2.75) is 6.10 Å². The van der Waals surface area contributed by atoms with E-state index in [4.69, 9.17) is 9.47 Å². The second kappa shape index (κ2) is 4.90. The van der Waals surface area contributed by atoms with Crippen molar-refractivity contribution in [2.75, 3.05) is 13.2 Å². The summed E-state index contributed by atoms with van der Waals surface area (Å²) < 4.78 is 24.2. The lowest BCUT2D eigenvalue weighted by molar-refractivity contribution is 0.158. The fourth-order valence-electron chi connectivity index (χ4n) is 2.17. The van der Waals surface area contributed by atoms with E-state index in [1.807, 2.05) is 0 Å². The maximum absolute atomic E-state index is 13.2. The van der Waals surface area contributed by atoms with E-state index in [-0.39, 0.29) is 5.82 Å². The molecule has 4 heteroatoms. The maximum atomic E-state index is 13.2. The van der Waals surface area contributed by atoms with Crippen molar-refractivity contribution >= 4 is 0 Å². The van der Waals surface area contributed by atoms with E-state index in [0.29, 0.717) is 35.8 Å². The summed E-state index contributed by atoms with van der Waals surface area (Å²) in [7, 11) is 0. The van der Waals surface area contributed by atoms with Crippen molar-refractivity contribution in [2.24, 2.45) is 0 Å². The first-order chi connectivity index (χ1) is 9.25. The minimum absolute atomic E-state index is 0.376. The normalized spacial score (nSPS) is 15.1. The van der Waals surface area contributed by atoms with E-state index < -0.39 is 6.10 Å². The minimum Gasteiger partial charge on any atom is -0.486 e. The van der Waals surface area contributed by atoms with Crippen LogP contribution in [0.4, 0.5) is 4.39 Å². The Balaban J connectivity index is 2.02. The minimum atomic E-state index is -0.938. The SMILES string of the molecule is OC(c1cccc(F)c1)c1cccc2c1OCCO2. The van der Waals surface area contributed by atoms with E-state index in [9.17, 15) is 9.50 Å². The summed E-state index contributed by atoms with van der Waals surface area (Å²) in [6, 6.07) is 11.2. The van der Waals surface area contributed by atoms with Crippen LogP contribution in [0.25, 0.3) is 0 Å². The molecule has 0 saturated carbocycles. The van der Waals surface area contributed by atoms with Crippen LogP contribution in [0.3, 0.4) is 0 Å². The monoisotopic (exact) mass is 260 g/mol. The Labute approximate surface area is 110 Å². The molecule has 1 atom stereocenters. The third-order valence-corrected chi connectivity index (χ3v) is 3.06. The number of hydrogen-bond acceptors (Lipinski definition) is 3. The van der Waals surface area contributed by atoms with Gasteiger partial charge in [0.15, 0.2) is 11.5 Å². The van der Waals surface area contributed by atoms with E-state index in [2.05, 4.69) is 0 Å². The summed E-state index contributed by atoms with van der Waals surface area (Å²) in [5.41, 5.74) is 1.07. The molecular formula is C15H13FO3. The topological polar surface area (TPSA) is 38.7 Å². The Kier molecular flexibility index (Phi) is 3.09. The number of halogens is 1. The molecule has 1 unspecified atom stereocenters. The first kappa shape index (κ1) is 12.0. The number of para-hydroxylation sites is 1. The molecular weight excluding hydrogens is 247 g/mol. The summed E-state index contributed by atoms with van der Waals surface area (Å²) in [5.74, 6) is 0.767. The van der Waals surface area contributed by atoms with Crippen LogP contribution in [-0.2, 0) is 0 Å². The number of ether oxygens (including phenoxy) is 2. The highest BCUT2D eigenvalue weighted by molar-refractivity contribution is 5.50. The predicted molar refractivity (Wildman–Crippen MR) is 67.9 cm³/mol. The summed E-state index contributed by atoms with van der Waals surface area (Å²) in [6.07, 6.45) is -0.938. The van der Waals surface area contributed by atoms with Crippen molar-refractivity contribution in [3.63, 3.8) is 0 Å². The smallest absolute Gasteiger partial charge is 0.167 e. The first-order valence-electron chi connectivity index (χ1n) is 6.08. The summed E-state index contributed by atoms with van der Waals surface area (Å²) in [4.78, 5) is 0. The second-order valence-electron chi connectivity index (χ2n) is 4.33. The van der Waals surface area contributed by atoms with Gasteiger partial charge in [0.1, 0.15) is 25.1 Å². The van der Waals surface area contributed by atoms with Gasteiger partial charge < -0.3 is 14.6 Å². The van der Waals surface area contributed by atoms with Gasteiger partial charge in [0.2, 0.25) is 0 Å². The van der Waals surface area contributed by atoms with Crippen LogP contribution in [0.5, 0.6) is 11.5 Å². The number of fused-ring (bicyclic) bond motifs is 1. The Morgan fingerprint density at radius 2 is 1.84 bits per heavy atom. The second-order valence-corrected chi connectivity index (χ2v) is 4.33. The van der Waals surface area contributed by atoms with Gasteiger partial charge in [-0.05, 0) is 23.8 Å². The van der Waals surface area contributed by atoms with Crippen molar-refractivity contribution < 1.29 is 19.0 Å². The van der Waals surface area contributed by atoms with Gasteiger partial charge in [-0.25, -0.2) is 4.39 Å². The molecule has 2 aromatic rings. The van der Waals surface area contributed by atoms with Crippen LogP contribution in [0.1, 0.15) is 17.2 Å². The van der Waals surface area contributed by atoms with Gasteiger partial charge in [0.25, 0.3) is 0 Å². The molecule has 0 aromatic heterocycles. The van der Waals surface area contributed by atoms with Gasteiger partial charge in [0.05, 0.1) is 0 Å². The summed E-state index contributed by atoms with van der Waals surface area (Å²) in [6.45, 7) is 0.937. The van der Waals surface area contributed by atoms with E-state index in [1.165, 1.54) is 12.1 Å². The highest BCUT2D eigenvalue weighted by atomic mass is 19.1. The fourth-order valence-corrected chi connectivity index (χ4v) is 2.17. The number of aliphatic hydroxyl groups excluding tert-OH is 1. The van der Waals surface area contributed by atoms with Crippen LogP contribution in [0.15, 0.2) is 42.5 Å². The molecule has 1 aliphatic rings. The van der Waals surface area contributed by atoms with Gasteiger partial charge in [-0.3, -0.25) is 0 Å². The molecule has 0 amide bonds. The Bertz CT molecular complexity index is 598. The van der Waals surface area contributed by atoms with Crippen molar-refractivity contribution in [1.82, 2.24) is 0 Å². The zero-order chi connectivity index (χ0) is 13.2. The van der Waals surface area contributed by atoms with E-state index in [0.717, 1.165) is 0 Å². The highest BCUT2D eigenvalue weighted by Crippen LogP contribution is 2.38. The van der Waals surface area contributed by atoms with Crippen molar-refractivity contribution in [3.8, 4) is 11.5 Å². The third-order valence-electron chi connectivity index (χ3n) is 3.06. The third kappa shape index (κ3) is 2.27. The standard InChI is InChI=1S/C15H13FO3/c16-11-4-1-3-10(9-11)14(17)12-5-2-6-13-15(12)19-8-7-18-13/h1-6,9,14,17H,7-8H2. The largest absolute Gasteiger partial charge is 0.486 e. The van der Waals surface area contributed by atoms with Gasteiger partial charge in [-0.2, -0.15) is 0 Å². The number of rotatable bonds is 2. The molecule has 3 rings (SSSR count). The lowest BCUT2D eigenvalue weighted by Crippen LogP contribution is -2.17. The molecule has 0 aliphatic carbocycles. The molecule has 1 aliphatic heterocycles. The Morgan fingerprint density at radius 3 is 2.68 bits per heavy atom. The molecule has 2 aromatic carbocycles. The lowest BCUT2D eigenvalue weighted by Gasteiger charge is -2.23. The highest BCUT2D eigenvalue weighted by Gasteiger charge is 2.21. The van der Waals surface area contributed by atoms with E-state index >= 15 is 0 Å². The van der Waals surface area contributed by atoms with Crippen LogP contribution in [0.2, 0.25) is 0 Å². The average Bonchev–Trinajstić information content (AvgIpc) is 2.46. The molecule has 1 heterocycles. The zero-order valence-corrected chi connectivity index (χ0v) is 10.2. The van der Waals surface area contributed by atoms with E-state index in [1.54, 1.807) is 30.3 Å². The van der Waals surface area contributed by atoms with Gasteiger partial charge in [-0.15, -0.1) is 0 Å². The van der Waals surface area contributed by atoms with Crippen LogP contribution in [-0.4, -0.2) is 18.3 Å². The van der Waals surface area contributed by atoms with Crippen LogP contribution in [0, 0.1) is 5.82 Å². The number of benzene rings is 2. The molecule has 3 nitrogen and oxygen atoms in total. The Hall–Kier alpha value is -2.07. The van der Waals surface area contributed by atoms with Gasteiger partial charge in [0, 0.05) is 5.56 Å². The van der Waals surface area contributed by atoms with Crippen molar-refractivity contribution in [3.05, 3.63) is 59.4 Å². The molecule has 0 fully saturated rings. The average molecular weight is 260 g/mol. The lowest BCUT2D eigenvalue weighted by atomic mass is 10.00. The maximum Gasteiger partial charge on any atom is 0.167 e. The molecule has 1 N–H and O–H groups in total. The fraction of sp³-hybridized carbons (Fsp3) is 0.200. The summed E-state index contributed by atoms with van der Waals surface area (Å²) in [5, 5.41) is 10.4. The van der Waals surface area contributed by atoms with Gasteiger partial charge in [-0.1, -0.05) is 24.3 Å². The van der Waals surface area contributed by atoms with Crippen LogP contribution >= 0.6 is 0 Å². The number of aliphatic hydroxyl groups is 1. The molecule has 98 valence electrons. The molecule has 0 saturated heterocycles. The molecule has 0 radical (unpaired) electrons. The van der Waals surface area contributed by atoms with Crippen LogP contribution < -0.4 is 9.47 Å². The molecule has 0 bridgehead atoms. The first-order valence-corrected chi connectivity index (χ1v) is 6.08. The molecule has 19 heavy (non-hydrogen) atoms. The zero-order valence-electron chi connectivity index (χ0n) is 10.2.